The van der Waals surface area contributed by atoms with Gasteiger partial charge in [-0.3, -0.25) is 9.59 Å². The summed E-state index contributed by atoms with van der Waals surface area (Å²) in [7, 11) is 1.27. The average molecular weight is 229 g/mol. The third-order valence-electron chi connectivity index (χ3n) is 3.29. The summed E-state index contributed by atoms with van der Waals surface area (Å²) in [5, 5.41) is 2.75. The molecule has 0 aliphatic carbocycles. The van der Waals surface area contributed by atoms with E-state index in [9.17, 15) is 9.59 Å². The molecule has 0 fully saturated rings. The van der Waals surface area contributed by atoms with Gasteiger partial charge in [-0.2, -0.15) is 0 Å². The maximum absolute atomic E-state index is 11.4. The molecule has 1 N–H and O–H groups in total. The van der Waals surface area contributed by atoms with Gasteiger partial charge in [-0.15, -0.1) is 0 Å². The van der Waals surface area contributed by atoms with Crippen LogP contribution < -0.4 is 5.32 Å². The van der Waals surface area contributed by atoms with E-state index < -0.39 is 5.97 Å². The highest BCUT2D eigenvalue weighted by Gasteiger charge is 2.32. The number of rotatable bonds is 4. The highest BCUT2D eigenvalue weighted by atomic mass is 16.5. The first-order chi connectivity index (χ1) is 7.10. The summed E-state index contributed by atoms with van der Waals surface area (Å²) in [6, 6.07) is 0. The zero-order chi connectivity index (χ0) is 13.0. The molecule has 4 heteroatoms. The normalized spacial score (nSPS) is 12.1. The van der Waals surface area contributed by atoms with Crippen LogP contribution in [-0.2, 0) is 14.3 Å². The fourth-order valence-corrected chi connectivity index (χ4v) is 0.850. The number of nitrogens with one attached hydrogen (secondary N) is 1. The average Bonchev–Trinajstić information content (AvgIpc) is 2.13. The Labute approximate surface area is 97.7 Å². The third-order valence-corrected chi connectivity index (χ3v) is 3.29. The molecule has 0 spiro atoms. The van der Waals surface area contributed by atoms with Crippen molar-refractivity contribution >= 4 is 11.9 Å². The Kier molecular flexibility index (Phi) is 4.97. The highest BCUT2D eigenvalue weighted by molar-refractivity contribution is 5.94. The predicted octanol–water partition coefficient (Wildman–Crippen LogP) is 1.74. The lowest BCUT2D eigenvalue weighted by atomic mass is 9.69. The fourth-order valence-electron chi connectivity index (χ4n) is 0.850. The van der Waals surface area contributed by atoms with Crippen molar-refractivity contribution in [1.29, 1.82) is 0 Å². The van der Waals surface area contributed by atoms with Gasteiger partial charge in [-0.1, -0.05) is 34.6 Å². The Morgan fingerprint density at radius 1 is 1.12 bits per heavy atom. The number of hydrogen-bond donors (Lipinski definition) is 1. The molecular formula is C12H23NO3. The SMILES string of the molecule is COC(=O)CC(=O)NCC(C)(C)C(C)(C)C. The van der Waals surface area contributed by atoms with Gasteiger partial charge >= 0.3 is 5.97 Å². The van der Waals surface area contributed by atoms with Crippen LogP contribution >= 0.6 is 0 Å². The molecule has 0 heterocycles. The van der Waals surface area contributed by atoms with Crippen molar-refractivity contribution in [3.05, 3.63) is 0 Å². The molecule has 0 rings (SSSR count). The van der Waals surface area contributed by atoms with Gasteiger partial charge in [-0.25, -0.2) is 0 Å². The minimum Gasteiger partial charge on any atom is -0.469 e. The number of carbonyl (C=O) groups excluding carboxylic acids is 2. The molecule has 0 atom stereocenters. The van der Waals surface area contributed by atoms with Crippen molar-refractivity contribution in [2.75, 3.05) is 13.7 Å². The lowest BCUT2D eigenvalue weighted by Crippen LogP contribution is -2.42. The first-order valence-electron chi connectivity index (χ1n) is 5.43. The van der Waals surface area contributed by atoms with Crippen molar-refractivity contribution in [3.63, 3.8) is 0 Å². The molecule has 0 saturated heterocycles. The molecule has 0 aliphatic rings. The number of methoxy groups -OCH3 is 1. The maximum Gasteiger partial charge on any atom is 0.315 e. The lowest BCUT2D eigenvalue weighted by molar-refractivity contribution is -0.143. The number of amides is 1. The van der Waals surface area contributed by atoms with E-state index in [1.165, 1.54) is 7.11 Å². The molecule has 0 saturated carbocycles. The molecule has 0 aromatic carbocycles. The number of esters is 1. The summed E-state index contributed by atoms with van der Waals surface area (Å²) in [5.41, 5.74) is 0.0598. The van der Waals surface area contributed by atoms with Crippen molar-refractivity contribution in [1.82, 2.24) is 5.32 Å². The second-order valence-corrected chi connectivity index (χ2v) is 5.66. The van der Waals surface area contributed by atoms with Crippen molar-refractivity contribution in [2.24, 2.45) is 10.8 Å². The van der Waals surface area contributed by atoms with Gasteiger partial charge in [0, 0.05) is 6.54 Å². The van der Waals surface area contributed by atoms with Crippen LogP contribution in [0, 0.1) is 10.8 Å². The van der Waals surface area contributed by atoms with Crippen LogP contribution in [0.1, 0.15) is 41.0 Å². The Bertz CT molecular complexity index is 264. The van der Waals surface area contributed by atoms with E-state index in [1.807, 2.05) is 0 Å². The van der Waals surface area contributed by atoms with E-state index >= 15 is 0 Å². The number of hydrogen-bond acceptors (Lipinski definition) is 3. The fraction of sp³-hybridized carbons (Fsp3) is 0.833. The molecule has 4 nitrogen and oxygen atoms in total. The summed E-state index contributed by atoms with van der Waals surface area (Å²) in [5.74, 6) is -0.796. The van der Waals surface area contributed by atoms with Gasteiger partial charge in [-0.05, 0) is 10.8 Å². The minimum atomic E-state index is -0.508. The van der Waals surface area contributed by atoms with Gasteiger partial charge in [0.2, 0.25) is 5.91 Å². The van der Waals surface area contributed by atoms with Gasteiger partial charge < -0.3 is 10.1 Å². The topological polar surface area (TPSA) is 55.4 Å². The smallest absolute Gasteiger partial charge is 0.315 e. The summed E-state index contributed by atoms with van der Waals surface area (Å²) in [4.78, 5) is 22.2. The van der Waals surface area contributed by atoms with Crippen LogP contribution in [-0.4, -0.2) is 25.5 Å². The van der Waals surface area contributed by atoms with E-state index in [-0.39, 0.29) is 23.2 Å². The van der Waals surface area contributed by atoms with Crippen LogP contribution in [0.5, 0.6) is 0 Å². The Balaban J connectivity index is 4.16. The van der Waals surface area contributed by atoms with E-state index in [0.717, 1.165) is 0 Å². The van der Waals surface area contributed by atoms with E-state index in [0.29, 0.717) is 6.54 Å². The molecular weight excluding hydrogens is 206 g/mol. The lowest BCUT2D eigenvalue weighted by Gasteiger charge is -2.38. The van der Waals surface area contributed by atoms with Crippen LogP contribution in [0.25, 0.3) is 0 Å². The van der Waals surface area contributed by atoms with Gasteiger partial charge in [0.15, 0.2) is 0 Å². The van der Waals surface area contributed by atoms with Crippen molar-refractivity contribution < 1.29 is 14.3 Å². The second-order valence-electron chi connectivity index (χ2n) is 5.66. The van der Waals surface area contributed by atoms with E-state index in [4.69, 9.17) is 0 Å². The molecule has 0 aliphatic heterocycles. The van der Waals surface area contributed by atoms with Crippen LogP contribution in [0.15, 0.2) is 0 Å². The third kappa shape index (κ3) is 4.64. The highest BCUT2D eigenvalue weighted by Crippen LogP contribution is 2.36. The largest absolute Gasteiger partial charge is 0.469 e. The summed E-state index contributed by atoms with van der Waals surface area (Å²) < 4.78 is 4.42. The zero-order valence-corrected chi connectivity index (χ0v) is 11.1. The monoisotopic (exact) mass is 229 g/mol. The number of ether oxygens (including phenoxy) is 1. The Morgan fingerprint density at radius 2 is 1.62 bits per heavy atom. The summed E-state index contributed by atoms with van der Waals surface area (Å²) in [6.45, 7) is 11.1. The second kappa shape index (κ2) is 5.32. The summed E-state index contributed by atoms with van der Waals surface area (Å²) in [6.07, 6.45) is -0.212. The van der Waals surface area contributed by atoms with Crippen molar-refractivity contribution in [3.8, 4) is 0 Å². The quantitative estimate of drug-likeness (QED) is 0.590. The van der Waals surface area contributed by atoms with E-state index in [2.05, 4.69) is 44.7 Å². The van der Waals surface area contributed by atoms with E-state index in [1.54, 1.807) is 0 Å². The summed E-state index contributed by atoms with van der Waals surface area (Å²) >= 11 is 0. The minimum absolute atomic E-state index is 0.0290. The Morgan fingerprint density at radius 3 is 2.00 bits per heavy atom. The van der Waals surface area contributed by atoms with Gasteiger partial charge in [0.1, 0.15) is 6.42 Å². The van der Waals surface area contributed by atoms with Gasteiger partial charge in [0.25, 0.3) is 0 Å². The van der Waals surface area contributed by atoms with Crippen molar-refractivity contribution in [2.45, 2.75) is 41.0 Å². The number of carbonyl (C=O) groups is 2. The molecule has 0 aromatic heterocycles. The van der Waals surface area contributed by atoms with Crippen LogP contribution in [0.3, 0.4) is 0 Å². The zero-order valence-electron chi connectivity index (χ0n) is 11.1. The standard InChI is InChI=1S/C12H23NO3/c1-11(2,3)12(4,5)8-13-9(14)7-10(15)16-6/h7-8H2,1-6H3,(H,13,14). The molecule has 0 bridgehead atoms. The Hall–Kier alpha value is -1.06. The molecule has 0 aromatic rings. The first-order valence-corrected chi connectivity index (χ1v) is 5.43. The van der Waals surface area contributed by atoms with Crippen LogP contribution in [0.2, 0.25) is 0 Å². The first kappa shape index (κ1) is 14.9. The predicted molar refractivity (Wildman–Crippen MR) is 62.9 cm³/mol. The molecule has 0 unspecified atom stereocenters. The molecule has 1 amide bonds. The van der Waals surface area contributed by atoms with Crippen LogP contribution in [0.4, 0.5) is 0 Å². The molecule has 16 heavy (non-hydrogen) atoms. The molecule has 0 radical (unpaired) electrons. The maximum atomic E-state index is 11.4. The van der Waals surface area contributed by atoms with Gasteiger partial charge in [0.05, 0.1) is 7.11 Å². The molecule has 94 valence electrons.